The van der Waals surface area contributed by atoms with Gasteiger partial charge in [0.15, 0.2) is 4.67 Å². The molecule has 1 aromatic heterocycles. The van der Waals surface area contributed by atoms with Gasteiger partial charge < -0.3 is 14.6 Å². The summed E-state index contributed by atoms with van der Waals surface area (Å²) >= 11 is 3.27. The summed E-state index contributed by atoms with van der Waals surface area (Å²) in [6.07, 6.45) is 2.01. The van der Waals surface area contributed by atoms with Crippen LogP contribution in [0.5, 0.6) is 0 Å². The van der Waals surface area contributed by atoms with E-state index in [-0.39, 0.29) is 11.3 Å². The second kappa shape index (κ2) is 5.45. The normalized spacial score (nSPS) is 23.9. The summed E-state index contributed by atoms with van der Waals surface area (Å²) in [5, 5.41) is 3.30. The maximum atomic E-state index is 12.5. The number of carbonyl (C=O) groups excluding carboxylic acids is 1. The van der Waals surface area contributed by atoms with Crippen molar-refractivity contribution in [2.24, 2.45) is 5.41 Å². The summed E-state index contributed by atoms with van der Waals surface area (Å²) in [5.74, 6) is 0.979. The lowest BCUT2D eigenvalue weighted by Gasteiger charge is -2.35. The van der Waals surface area contributed by atoms with Crippen LogP contribution in [0, 0.1) is 5.41 Å². The predicted octanol–water partition coefficient (Wildman–Crippen LogP) is 2.39. The zero-order chi connectivity index (χ0) is 13.2. The molecule has 2 heterocycles. The summed E-state index contributed by atoms with van der Waals surface area (Å²) < 4.78 is 6.13. The molecule has 1 aliphatic heterocycles. The lowest BCUT2D eigenvalue weighted by molar-refractivity contribution is -0.141. The zero-order valence-electron chi connectivity index (χ0n) is 10.8. The number of furan rings is 1. The van der Waals surface area contributed by atoms with E-state index in [1.54, 1.807) is 4.90 Å². The molecule has 18 heavy (non-hydrogen) atoms. The first-order valence-corrected chi connectivity index (χ1v) is 7.01. The van der Waals surface area contributed by atoms with Gasteiger partial charge in [0.05, 0.1) is 12.0 Å². The van der Waals surface area contributed by atoms with E-state index >= 15 is 0 Å². The standard InChI is InChI=1S/C13H19BrN2O2/c1-13(6-3-7-15-9-13)12(17)16(2)8-10-4-5-11(14)18-10/h4-5,15H,3,6-9H2,1-2H3. The van der Waals surface area contributed by atoms with Crippen LogP contribution >= 0.6 is 15.9 Å². The predicted molar refractivity (Wildman–Crippen MR) is 73.1 cm³/mol. The molecular formula is C13H19BrN2O2. The number of nitrogens with one attached hydrogen (secondary N) is 1. The van der Waals surface area contributed by atoms with Gasteiger partial charge >= 0.3 is 0 Å². The Labute approximate surface area is 116 Å². The molecule has 0 radical (unpaired) electrons. The van der Waals surface area contributed by atoms with Crippen molar-refractivity contribution >= 4 is 21.8 Å². The van der Waals surface area contributed by atoms with Gasteiger partial charge in [0.1, 0.15) is 5.76 Å². The topological polar surface area (TPSA) is 45.5 Å². The highest BCUT2D eigenvalue weighted by Crippen LogP contribution is 2.28. The van der Waals surface area contributed by atoms with E-state index in [1.807, 2.05) is 26.1 Å². The summed E-state index contributed by atoms with van der Waals surface area (Å²) in [4.78, 5) is 14.2. The number of hydrogen-bond donors (Lipinski definition) is 1. The van der Waals surface area contributed by atoms with Crippen molar-refractivity contribution in [3.05, 3.63) is 22.6 Å². The Morgan fingerprint density at radius 3 is 2.94 bits per heavy atom. The van der Waals surface area contributed by atoms with E-state index in [2.05, 4.69) is 21.2 Å². The molecule has 5 heteroatoms. The summed E-state index contributed by atoms with van der Waals surface area (Å²) in [5.41, 5.74) is -0.281. The molecule has 0 aliphatic carbocycles. The molecule has 0 bridgehead atoms. The molecule has 2 rings (SSSR count). The van der Waals surface area contributed by atoms with Crippen LogP contribution in [0.15, 0.2) is 21.2 Å². The molecule has 1 aromatic rings. The molecule has 1 aliphatic rings. The molecule has 1 atom stereocenters. The van der Waals surface area contributed by atoms with Gasteiger partial charge in [-0.25, -0.2) is 0 Å². The zero-order valence-corrected chi connectivity index (χ0v) is 12.4. The van der Waals surface area contributed by atoms with Gasteiger partial charge in [-0.15, -0.1) is 0 Å². The van der Waals surface area contributed by atoms with Crippen LogP contribution in [0.3, 0.4) is 0 Å². The van der Waals surface area contributed by atoms with Crippen molar-refractivity contribution in [3.8, 4) is 0 Å². The molecular weight excluding hydrogens is 296 g/mol. The molecule has 0 spiro atoms. The number of nitrogens with zero attached hydrogens (tertiary/aromatic N) is 1. The highest BCUT2D eigenvalue weighted by molar-refractivity contribution is 9.10. The minimum atomic E-state index is -0.281. The van der Waals surface area contributed by atoms with Crippen molar-refractivity contribution in [1.29, 1.82) is 0 Å². The Bertz CT molecular complexity index is 424. The first-order valence-electron chi connectivity index (χ1n) is 6.22. The first kappa shape index (κ1) is 13.6. The van der Waals surface area contributed by atoms with Gasteiger partial charge in [0, 0.05) is 13.6 Å². The van der Waals surface area contributed by atoms with Gasteiger partial charge in [-0.2, -0.15) is 0 Å². The van der Waals surface area contributed by atoms with E-state index in [1.165, 1.54) is 0 Å². The number of hydrogen-bond acceptors (Lipinski definition) is 3. The molecule has 1 N–H and O–H groups in total. The fourth-order valence-electron chi connectivity index (χ4n) is 2.44. The van der Waals surface area contributed by atoms with E-state index in [0.29, 0.717) is 11.2 Å². The van der Waals surface area contributed by atoms with E-state index in [9.17, 15) is 4.79 Å². The van der Waals surface area contributed by atoms with E-state index < -0.39 is 0 Å². The third-order valence-electron chi connectivity index (χ3n) is 3.48. The van der Waals surface area contributed by atoms with Crippen molar-refractivity contribution in [2.45, 2.75) is 26.3 Å². The second-order valence-corrected chi connectivity index (χ2v) is 5.99. The van der Waals surface area contributed by atoms with Crippen LogP contribution in [0.2, 0.25) is 0 Å². The van der Waals surface area contributed by atoms with Crippen molar-refractivity contribution in [2.75, 3.05) is 20.1 Å². The van der Waals surface area contributed by atoms with Crippen LogP contribution in [0.4, 0.5) is 0 Å². The molecule has 1 saturated heterocycles. The molecule has 1 amide bonds. The number of rotatable bonds is 3. The highest BCUT2D eigenvalue weighted by atomic mass is 79.9. The van der Waals surface area contributed by atoms with Crippen molar-refractivity contribution in [1.82, 2.24) is 10.2 Å². The summed E-state index contributed by atoms with van der Waals surface area (Å²) in [6, 6.07) is 3.73. The Hall–Kier alpha value is -0.810. The molecule has 0 saturated carbocycles. The first-order chi connectivity index (χ1) is 8.51. The van der Waals surface area contributed by atoms with E-state index in [4.69, 9.17) is 4.42 Å². The smallest absolute Gasteiger partial charge is 0.229 e. The van der Waals surface area contributed by atoms with Crippen molar-refractivity contribution < 1.29 is 9.21 Å². The largest absolute Gasteiger partial charge is 0.452 e. The Kier molecular flexibility index (Phi) is 4.12. The minimum Gasteiger partial charge on any atom is -0.452 e. The molecule has 1 unspecified atom stereocenters. The second-order valence-electron chi connectivity index (χ2n) is 5.21. The van der Waals surface area contributed by atoms with Gasteiger partial charge in [-0.1, -0.05) is 0 Å². The third-order valence-corrected chi connectivity index (χ3v) is 3.91. The number of halogens is 1. The van der Waals surface area contributed by atoms with Crippen molar-refractivity contribution in [3.63, 3.8) is 0 Å². The third kappa shape index (κ3) is 2.95. The average Bonchev–Trinajstić information content (AvgIpc) is 2.74. The van der Waals surface area contributed by atoms with Gasteiger partial charge in [0.25, 0.3) is 0 Å². The molecule has 1 fully saturated rings. The maximum absolute atomic E-state index is 12.5. The van der Waals surface area contributed by atoms with Crippen LogP contribution in [-0.4, -0.2) is 30.9 Å². The molecule has 4 nitrogen and oxygen atoms in total. The summed E-state index contributed by atoms with van der Waals surface area (Å²) in [7, 11) is 1.83. The Balaban J connectivity index is 1.99. The lowest BCUT2D eigenvalue weighted by Crippen LogP contribution is -2.48. The molecule has 0 aromatic carbocycles. The quantitative estimate of drug-likeness (QED) is 0.931. The van der Waals surface area contributed by atoms with Gasteiger partial charge in [0.2, 0.25) is 5.91 Å². The van der Waals surface area contributed by atoms with Gasteiger partial charge in [-0.3, -0.25) is 4.79 Å². The number of carbonyl (C=O) groups is 1. The fraction of sp³-hybridized carbons (Fsp3) is 0.615. The van der Waals surface area contributed by atoms with Crippen LogP contribution in [0.1, 0.15) is 25.5 Å². The van der Waals surface area contributed by atoms with Gasteiger partial charge in [-0.05, 0) is 54.4 Å². The maximum Gasteiger partial charge on any atom is 0.229 e. The Morgan fingerprint density at radius 2 is 2.39 bits per heavy atom. The summed E-state index contributed by atoms with van der Waals surface area (Å²) in [6.45, 7) is 4.33. The van der Waals surface area contributed by atoms with Crippen LogP contribution < -0.4 is 5.32 Å². The number of amides is 1. The van der Waals surface area contributed by atoms with Crippen LogP contribution in [-0.2, 0) is 11.3 Å². The van der Waals surface area contributed by atoms with Crippen LogP contribution in [0.25, 0.3) is 0 Å². The fourth-order valence-corrected chi connectivity index (χ4v) is 2.78. The number of piperidine rings is 1. The molecule has 100 valence electrons. The Morgan fingerprint density at radius 1 is 1.61 bits per heavy atom. The highest BCUT2D eigenvalue weighted by Gasteiger charge is 2.36. The van der Waals surface area contributed by atoms with E-state index in [0.717, 1.165) is 31.7 Å². The monoisotopic (exact) mass is 314 g/mol. The lowest BCUT2D eigenvalue weighted by atomic mass is 9.81. The minimum absolute atomic E-state index is 0.183. The SMILES string of the molecule is CN(Cc1ccc(Br)o1)C(=O)C1(C)CCCNC1. The average molecular weight is 315 g/mol.